The molecule has 1 aliphatic rings. The lowest BCUT2D eigenvalue weighted by molar-refractivity contribution is 0.153. The van der Waals surface area contributed by atoms with Crippen LogP contribution in [0, 0.1) is 0 Å². The van der Waals surface area contributed by atoms with Gasteiger partial charge in [0.1, 0.15) is 0 Å². The van der Waals surface area contributed by atoms with Gasteiger partial charge in [-0.1, -0.05) is 12.2 Å². The molecule has 146 valence electrons. The normalized spacial score (nSPS) is 16.6. The summed E-state index contributed by atoms with van der Waals surface area (Å²) in [5, 5.41) is 6.33. The first-order valence-corrected chi connectivity index (χ1v) is 9.04. The second kappa shape index (κ2) is 7.15. The van der Waals surface area contributed by atoms with Gasteiger partial charge in [-0.05, 0) is 27.7 Å². The Kier molecular flexibility index (Phi) is 5.05. The molecule has 2 aromatic rings. The van der Waals surface area contributed by atoms with Crippen LogP contribution in [0.25, 0.3) is 11.2 Å². The molecule has 0 aliphatic carbocycles. The van der Waals surface area contributed by atoms with Crippen molar-refractivity contribution >= 4 is 22.8 Å². The topological polar surface area (TPSA) is 86.7 Å². The van der Waals surface area contributed by atoms with Gasteiger partial charge in [0, 0.05) is 13.7 Å². The number of hydrogen-bond acceptors (Lipinski definition) is 6. The van der Waals surface area contributed by atoms with Gasteiger partial charge in [-0.15, -0.1) is 0 Å². The SMILES string of the molecule is C=C(C)Cn1c(=O)c2c(nc3n2[C@H](C)C(C)=NN3CCOCC)n(C)c1=O. The number of hydrogen-bond donors (Lipinski definition) is 0. The van der Waals surface area contributed by atoms with Gasteiger partial charge in [-0.3, -0.25) is 18.5 Å². The molecule has 0 saturated heterocycles. The van der Waals surface area contributed by atoms with E-state index in [1.165, 1.54) is 9.13 Å². The van der Waals surface area contributed by atoms with E-state index in [1.54, 1.807) is 19.0 Å². The molecule has 0 unspecified atom stereocenters. The van der Waals surface area contributed by atoms with E-state index >= 15 is 0 Å². The van der Waals surface area contributed by atoms with E-state index in [2.05, 4.69) is 16.7 Å². The maximum atomic E-state index is 13.2. The lowest BCUT2D eigenvalue weighted by Crippen LogP contribution is -2.40. The van der Waals surface area contributed by atoms with Crippen molar-refractivity contribution in [3.63, 3.8) is 0 Å². The van der Waals surface area contributed by atoms with Crippen molar-refractivity contribution < 1.29 is 4.74 Å². The maximum absolute atomic E-state index is 13.2. The Hall–Kier alpha value is -2.68. The van der Waals surface area contributed by atoms with Gasteiger partial charge < -0.3 is 4.74 Å². The number of anilines is 1. The second-order valence-corrected chi connectivity index (χ2v) is 6.88. The van der Waals surface area contributed by atoms with Crippen LogP contribution in [0.3, 0.4) is 0 Å². The fraction of sp³-hybridized carbons (Fsp3) is 0.556. The predicted molar refractivity (Wildman–Crippen MR) is 106 cm³/mol. The maximum Gasteiger partial charge on any atom is 0.332 e. The van der Waals surface area contributed by atoms with Crippen molar-refractivity contribution in [3.8, 4) is 0 Å². The van der Waals surface area contributed by atoms with Crippen LogP contribution in [0.5, 0.6) is 0 Å². The molecule has 3 rings (SSSR count). The zero-order valence-electron chi connectivity index (χ0n) is 16.5. The van der Waals surface area contributed by atoms with E-state index in [1.807, 2.05) is 25.3 Å². The third-order valence-electron chi connectivity index (χ3n) is 4.74. The first-order valence-electron chi connectivity index (χ1n) is 9.04. The van der Waals surface area contributed by atoms with E-state index in [9.17, 15) is 9.59 Å². The molecule has 0 bridgehead atoms. The van der Waals surface area contributed by atoms with Gasteiger partial charge in [0.05, 0.1) is 31.4 Å². The Bertz CT molecular complexity index is 1040. The monoisotopic (exact) mass is 374 g/mol. The van der Waals surface area contributed by atoms with Gasteiger partial charge >= 0.3 is 5.69 Å². The van der Waals surface area contributed by atoms with Crippen molar-refractivity contribution in [1.29, 1.82) is 0 Å². The lowest BCUT2D eigenvalue weighted by atomic mass is 10.2. The average Bonchev–Trinajstić information content (AvgIpc) is 3.02. The van der Waals surface area contributed by atoms with E-state index in [0.29, 0.717) is 36.9 Å². The number of nitrogens with zero attached hydrogens (tertiary/aromatic N) is 6. The van der Waals surface area contributed by atoms with Crippen molar-refractivity contribution in [3.05, 3.63) is 33.0 Å². The molecule has 27 heavy (non-hydrogen) atoms. The van der Waals surface area contributed by atoms with Crippen LogP contribution in [-0.2, 0) is 18.3 Å². The number of ether oxygens (including phenoxy) is 1. The Balaban J connectivity index is 2.27. The van der Waals surface area contributed by atoms with Crippen LogP contribution >= 0.6 is 0 Å². The first-order chi connectivity index (χ1) is 12.8. The molecule has 0 N–H and O–H groups in total. The minimum absolute atomic E-state index is 0.142. The third-order valence-corrected chi connectivity index (χ3v) is 4.74. The van der Waals surface area contributed by atoms with E-state index in [4.69, 9.17) is 4.74 Å². The highest BCUT2D eigenvalue weighted by Crippen LogP contribution is 2.29. The highest BCUT2D eigenvalue weighted by molar-refractivity contribution is 5.91. The fourth-order valence-corrected chi connectivity index (χ4v) is 3.24. The fourth-order valence-electron chi connectivity index (χ4n) is 3.24. The summed E-state index contributed by atoms with van der Waals surface area (Å²) in [5.41, 5.74) is 1.58. The van der Waals surface area contributed by atoms with Crippen LogP contribution in [0.15, 0.2) is 26.8 Å². The molecular formula is C18H26N6O3. The number of hydrazone groups is 1. The van der Waals surface area contributed by atoms with Crippen molar-refractivity contribution in [1.82, 2.24) is 18.7 Å². The minimum Gasteiger partial charge on any atom is -0.380 e. The molecule has 0 spiro atoms. The summed E-state index contributed by atoms with van der Waals surface area (Å²) in [5.74, 6) is 0.544. The Labute approximate surface area is 157 Å². The number of aryl methyl sites for hydroxylation is 1. The van der Waals surface area contributed by atoms with Crippen LogP contribution in [0.1, 0.15) is 33.7 Å². The number of fused-ring (bicyclic) bond motifs is 3. The number of aromatic nitrogens is 4. The van der Waals surface area contributed by atoms with E-state index in [-0.39, 0.29) is 18.1 Å². The molecule has 0 amide bonds. The molecule has 1 aliphatic heterocycles. The molecule has 0 fully saturated rings. The number of imidazole rings is 1. The minimum atomic E-state index is -0.405. The third kappa shape index (κ3) is 3.12. The van der Waals surface area contributed by atoms with Crippen LogP contribution in [-0.4, -0.2) is 44.2 Å². The van der Waals surface area contributed by atoms with Gasteiger partial charge in [-0.25, -0.2) is 9.80 Å². The smallest absolute Gasteiger partial charge is 0.332 e. The molecule has 0 aromatic carbocycles. The van der Waals surface area contributed by atoms with Crippen LogP contribution in [0.2, 0.25) is 0 Å². The predicted octanol–water partition coefficient (Wildman–Crippen LogP) is 1.27. The molecule has 9 heteroatoms. The Morgan fingerprint density at radius 1 is 1.33 bits per heavy atom. The van der Waals surface area contributed by atoms with E-state index < -0.39 is 5.69 Å². The standard InChI is InChI=1S/C18H26N6O3/c1-7-27-9-8-23-17-19-15-14(24(17)13(5)12(4)20-23)16(25)22(10-11(2)3)18(26)21(15)6/h13H,2,7-10H2,1,3-6H3/t13-/m1/s1. The second-order valence-electron chi connectivity index (χ2n) is 6.88. The summed E-state index contributed by atoms with van der Waals surface area (Å²) < 4.78 is 9.92. The highest BCUT2D eigenvalue weighted by Gasteiger charge is 2.30. The molecule has 2 aromatic heterocycles. The lowest BCUT2D eigenvalue weighted by Gasteiger charge is -2.29. The first kappa shape index (κ1) is 19.1. The van der Waals surface area contributed by atoms with Gasteiger partial charge in [-0.2, -0.15) is 10.1 Å². The summed E-state index contributed by atoms with van der Waals surface area (Å²) in [6, 6.07) is -0.142. The van der Waals surface area contributed by atoms with Gasteiger partial charge in [0.15, 0.2) is 11.2 Å². The summed E-state index contributed by atoms with van der Waals surface area (Å²) in [4.78, 5) is 30.4. The molecular weight excluding hydrogens is 348 g/mol. The molecule has 1 atom stereocenters. The molecule has 9 nitrogen and oxygen atoms in total. The van der Waals surface area contributed by atoms with Crippen LogP contribution < -0.4 is 16.3 Å². The molecule has 0 saturated carbocycles. The summed E-state index contributed by atoms with van der Waals surface area (Å²) in [6.07, 6.45) is 0. The summed E-state index contributed by atoms with van der Waals surface area (Å²) in [7, 11) is 1.63. The van der Waals surface area contributed by atoms with Crippen molar-refractivity contribution in [2.24, 2.45) is 12.1 Å². The van der Waals surface area contributed by atoms with Gasteiger partial charge in [0.25, 0.3) is 5.56 Å². The van der Waals surface area contributed by atoms with Crippen molar-refractivity contribution in [2.45, 2.75) is 40.3 Å². The Morgan fingerprint density at radius 2 is 2.04 bits per heavy atom. The largest absolute Gasteiger partial charge is 0.380 e. The van der Waals surface area contributed by atoms with Gasteiger partial charge in [0.2, 0.25) is 5.95 Å². The summed E-state index contributed by atoms with van der Waals surface area (Å²) >= 11 is 0. The average molecular weight is 374 g/mol. The zero-order chi connectivity index (χ0) is 19.9. The molecule has 3 heterocycles. The van der Waals surface area contributed by atoms with Crippen molar-refractivity contribution in [2.75, 3.05) is 24.8 Å². The summed E-state index contributed by atoms with van der Waals surface area (Å²) in [6.45, 7) is 13.2. The van der Waals surface area contributed by atoms with E-state index in [0.717, 1.165) is 11.3 Å². The number of rotatable bonds is 6. The quantitative estimate of drug-likeness (QED) is 0.561. The Morgan fingerprint density at radius 3 is 2.67 bits per heavy atom. The van der Waals surface area contributed by atoms with Crippen LogP contribution in [0.4, 0.5) is 5.95 Å². The number of allylic oxidation sites excluding steroid dienone is 1. The zero-order valence-corrected chi connectivity index (χ0v) is 16.5. The highest BCUT2D eigenvalue weighted by atomic mass is 16.5. The molecule has 0 radical (unpaired) electrons.